The largest absolute Gasteiger partial charge is 0.332 e. The van der Waals surface area contributed by atoms with Gasteiger partial charge in [0.1, 0.15) is 6.54 Å². The molecule has 1 aliphatic rings. The van der Waals surface area contributed by atoms with Crippen LogP contribution in [-0.4, -0.2) is 29.4 Å². The monoisotopic (exact) mass is 287 g/mol. The molecular weight excluding hydrogens is 281 g/mol. The van der Waals surface area contributed by atoms with E-state index < -0.39 is 18.0 Å². The van der Waals surface area contributed by atoms with E-state index in [0.29, 0.717) is 15.7 Å². The van der Waals surface area contributed by atoms with Gasteiger partial charge >= 0.3 is 12.1 Å². The Morgan fingerprint density at radius 3 is 2.33 bits per heavy atom. The fourth-order valence-electron chi connectivity index (χ4n) is 1.42. The highest BCUT2D eigenvalue weighted by Crippen LogP contribution is 2.22. The second-order valence-electron chi connectivity index (χ2n) is 3.53. The minimum Gasteiger partial charge on any atom is -0.307 e. The Morgan fingerprint density at radius 2 is 1.83 bits per heavy atom. The third-order valence-electron chi connectivity index (χ3n) is 2.15. The standard InChI is InChI=1S/C10H7Cl2N3O3/c11-5-1-6(12)3-7(2-5)13-9(17)15-4-8(16)14-10(15)18/h1-3H,4H2,(H,13,17)(H,14,16,18). The maximum atomic E-state index is 11.7. The van der Waals surface area contributed by atoms with Crippen molar-refractivity contribution >= 4 is 46.9 Å². The molecule has 6 nitrogen and oxygen atoms in total. The number of amides is 5. The normalized spacial score (nSPS) is 14.7. The van der Waals surface area contributed by atoms with E-state index in [2.05, 4.69) is 5.32 Å². The molecule has 1 aliphatic heterocycles. The lowest BCUT2D eigenvalue weighted by atomic mass is 10.3. The van der Waals surface area contributed by atoms with Crippen LogP contribution in [0.3, 0.4) is 0 Å². The van der Waals surface area contributed by atoms with Gasteiger partial charge in [0.05, 0.1) is 0 Å². The summed E-state index contributed by atoms with van der Waals surface area (Å²) in [5.41, 5.74) is 0.338. The highest BCUT2D eigenvalue weighted by Gasteiger charge is 2.32. The Labute approximate surface area is 112 Å². The summed E-state index contributed by atoms with van der Waals surface area (Å²) in [6.45, 7) is -0.307. The zero-order chi connectivity index (χ0) is 13.3. The van der Waals surface area contributed by atoms with Crippen molar-refractivity contribution in [2.75, 3.05) is 11.9 Å². The van der Waals surface area contributed by atoms with E-state index in [-0.39, 0.29) is 6.54 Å². The van der Waals surface area contributed by atoms with Gasteiger partial charge in [0, 0.05) is 15.7 Å². The maximum absolute atomic E-state index is 11.7. The van der Waals surface area contributed by atoms with Crippen LogP contribution in [0.5, 0.6) is 0 Å². The average Bonchev–Trinajstić information content (AvgIpc) is 2.56. The lowest BCUT2D eigenvalue weighted by molar-refractivity contribution is -0.118. The van der Waals surface area contributed by atoms with Gasteiger partial charge in [0.2, 0.25) is 5.91 Å². The molecule has 0 saturated carbocycles. The number of nitrogens with one attached hydrogen (secondary N) is 2. The van der Waals surface area contributed by atoms with Crippen molar-refractivity contribution in [1.29, 1.82) is 0 Å². The molecule has 0 aliphatic carbocycles. The lowest BCUT2D eigenvalue weighted by Crippen LogP contribution is -2.37. The van der Waals surface area contributed by atoms with Crippen molar-refractivity contribution in [2.45, 2.75) is 0 Å². The number of benzene rings is 1. The van der Waals surface area contributed by atoms with E-state index in [4.69, 9.17) is 23.2 Å². The number of hydrogen-bond acceptors (Lipinski definition) is 3. The first-order valence-electron chi connectivity index (χ1n) is 4.84. The number of nitrogens with zero attached hydrogens (tertiary/aromatic N) is 1. The highest BCUT2D eigenvalue weighted by atomic mass is 35.5. The molecule has 0 bridgehead atoms. The molecule has 1 aromatic carbocycles. The van der Waals surface area contributed by atoms with Crippen LogP contribution in [0.1, 0.15) is 0 Å². The van der Waals surface area contributed by atoms with Crippen LogP contribution in [0.25, 0.3) is 0 Å². The fourth-order valence-corrected chi connectivity index (χ4v) is 1.95. The maximum Gasteiger partial charge on any atom is 0.332 e. The van der Waals surface area contributed by atoms with Gasteiger partial charge in [-0.25, -0.2) is 14.5 Å². The zero-order valence-electron chi connectivity index (χ0n) is 8.87. The van der Waals surface area contributed by atoms with Crippen molar-refractivity contribution in [3.63, 3.8) is 0 Å². The number of hydrogen-bond donors (Lipinski definition) is 2. The predicted molar refractivity (Wildman–Crippen MR) is 65.7 cm³/mol. The van der Waals surface area contributed by atoms with Crippen LogP contribution < -0.4 is 10.6 Å². The summed E-state index contributed by atoms with van der Waals surface area (Å²) in [5.74, 6) is -0.528. The molecule has 0 atom stereocenters. The molecule has 1 aromatic rings. The van der Waals surface area contributed by atoms with Crippen molar-refractivity contribution in [3.05, 3.63) is 28.2 Å². The van der Waals surface area contributed by atoms with E-state index in [1.165, 1.54) is 18.2 Å². The number of urea groups is 2. The molecule has 1 saturated heterocycles. The third kappa shape index (κ3) is 2.72. The summed E-state index contributed by atoms with van der Waals surface area (Å²) in [4.78, 5) is 34.6. The Kier molecular flexibility index (Phi) is 3.40. The molecule has 2 rings (SSSR count). The van der Waals surface area contributed by atoms with Gasteiger partial charge in [-0.05, 0) is 18.2 Å². The zero-order valence-corrected chi connectivity index (χ0v) is 10.4. The summed E-state index contributed by atoms with van der Waals surface area (Å²) in [7, 11) is 0. The number of anilines is 1. The number of halogens is 2. The number of imide groups is 2. The molecule has 0 spiro atoms. The SMILES string of the molecule is O=C1CN(C(=O)Nc2cc(Cl)cc(Cl)c2)C(=O)N1. The van der Waals surface area contributed by atoms with E-state index in [1.54, 1.807) is 0 Å². The quantitative estimate of drug-likeness (QED) is 0.776. The minimum atomic E-state index is -0.759. The molecule has 0 unspecified atom stereocenters. The van der Waals surface area contributed by atoms with Gasteiger partial charge in [-0.15, -0.1) is 0 Å². The Bertz CT molecular complexity index is 527. The highest BCUT2D eigenvalue weighted by molar-refractivity contribution is 6.35. The van der Waals surface area contributed by atoms with Crippen LogP contribution in [0, 0.1) is 0 Å². The van der Waals surface area contributed by atoms with Crippen LogP contribution in [0.15, 0.2) is 18.2 Å². The van der Waals surface area contributed by atoms with E-state index in [1.807, 2.05) is 5.32 Å². The van der Waals surface area contributed by atoms with Gasteiger partial charge in [0.15, 0.2) is 0 Å². The first kappa shape index (κ1) is 12.7. The van der Waals surface area contributed by atoms with Crippen LogP contribution in [0.2, 0.25) is 10.0 Å². The van der Waals surface area contributed by atoms with Crippen molar-refractivity contribution < 1.29 is 14.4 Å². The smallest absolute Gasteiger partial charge is 0.307 e. The average molecular weight is 288 g/mol. The number of carbonyl (C=O) groups is 3. The predicted octanol–water partition coefficient (Wildman–Crippen LogP) is 2.08. The van der Waals surface area contributed by atoms with Gasteiger partial charge in [-0.3, -0.25) is 10.1 Å². The molecular formula is C10H7Cl2N3O3. The molecule has 1 fully saturated rings. The summed E-state index contributed by atoms with van der Waals surface area (Å²) in [6, 6.07) is 2.97. The molecule has 5 amide bonds. The molecule has 18 heavy (non-hydrogen) atoms. The Balaban J connectivity index is 2.12. The van der Waals surface area contributed by atoms with Crippen molar-refractivity contribution in [2.24, 2.45) is 0 Å². The van der Waals surface area contributed by atoms with Crippen molar-refractivity contribution in [3.8, 4) is 0 Å². The molecule has 0 radical (unpaired) electrons. The second kappa shape index (κ2) is 4.83. The fraction of sp³-hybridized carbons (Fsp3) is 0.100. The summed E-state index contributed by atoms with van der Waals surface area (Å²) in [5, 5.41) is 5.11. The molecule has 94 valence electrons. The van der Waals surface area contributed by atoms with Crippen molar-refractivity contribution in [1.82, 2.24) is 10.2 Å². The third-order valence-corrected chi connectivity index (χ3v) is 2.59. The van der Waals surface area contributed by atoms with E-state index in [9.17, 15) is 14.4 Å². The van der Waals surface area contributed by atoms with Crippen LogP contribution >= 0.6 is 23.2 Å². The first-order chi connectivity index (χ1) is 8.45. The molecule has 0 aromatic heterocycles. The summed E-state index contributed by atoms with van der Waals surface area (Å²) >= 11 is 11.5. The summed E-state index contributed by atoms with van der Waals surface area (Å²) < 4.78 is 0. The molecule has 1 heterocycles. The van der Waals surface area contributed by atoms with Crippen LogP contribution in [-0.2, 0) is 4.79 Å². The Morgan fingerprint density at radius 1 is 1.22 bits per heavy atom. The number of rotatable bonds is 1. The van der Waals surface area contributed by atoms with E-state index in [0.717, 1.165) is 4.90 Å². The Hall–Kier alpha value is -1.79. The van der Waals surface area contributed by atoms with Gasteiger partial charge in [0.25, 0.3) is 0 Å². The topological polar surface area (TPSA) is 78.5 Å². The molecule has 8 heteroatoms. The lowest BCUT2D eigenvalue weighted by Gasteiger charge is -2.12. The number of carbonyl (C=O) groups excluding carboxylic acids is 3. The minimum absolute atomic E-state index is 0.307. The second-order valence-corrected chi connectivity index (χ2v) is 4.40. The summed E-state index contributed by atoms with van der Waals surface area (Å²) in [6.07, 6.45) is 0. The van der Waals surface area contributed by atoms with Gasteiger partial charge < -0.3 is 5.32 Å². The first-order valence-corrected chi connectivity index (χ1v) is 5.60. The molecule has 2 N–H and O–H groups in total. The van der Waals surface area contributed by atoms with Gasteiger partial charge in [-0.2, -0.15) is 0 Å². The van der Waals surface area contributed by atoms with Gasteiger partial charge in [-0.1, -0.05) is 23.2 Å². The van der Waals surface area contributed by atoms with Crippen LogP contribution in [0.4, 0.5) is 15.3 Å². The van der Waals surface area contributed by atoms with E-state index >= 15 is 0 Å².